The van der Waals surface area contributed by atoms with E-state index >= 15 is 0 Å². The molecule has 1 aromatic carbocycles. The van der Waals surface area contributed by atoms with Gasteiger partial charge in [-0.15, -0.1) is 0 Å². The number of hydrogen-bond acceptors (Lipinski definition) is 2. The van der Waals surface area contributed by atoms with Crippen LogP contribution in [-0.2, 0) is 0 Å². The molecule has 0 N–H and O–H groups in total. The lowest BCUT2D eigenvalue weighted by Crippen LogP contribution is -2.00. The first-order chi connectivity index (χ1) is 8.69. The van der Waals surface area contributed by atoms with Gasteiger partial charge >= 0.3 is 0 Å². The van der Waals surface area contributed by atoms with Gasteiger partial charge in [0.25, 0.3) is 0 Å². The molecule has 1 rings (SSSR count). The summed E-state index contributed by atoms with van der Waals surface area (Å²) < 4.78 is 36.0. The third-order valence-corrected chi connectivity index (χ3v) is 1.66. The number of rotatable bonds is 4. The predicted octanol–water partition coefficient (Wildman–Crippen LogP) is 4.81. The molecule has 106 valence electrons. The van der Waals surface area contributed by atoms with E-state index in [4.69, 9.17) is 9.47 Å². The zero-order valence-corrected chi connectivity index (χ0v) is 12.1. The van der Waals surface area contributed by atoms with Crippen molar-refractivity contribution in [2.75, 3.05) is 13.7 Å². The van der Waals surface area contributed by atoms with Gasteiger partial charge in [-0.3, -0.25) is 0 Å². The van der Waals surface area contributed by atoms with Gasteiger partial charge in [0.05, 0.1) is 13.7 Å². The molecule has 0 aliphatic heterocycles. The molecule has 0 unspecified atom stereocenters. The molecule has 0 saturated carbocycles. The van der Waals surface area contributed by atoms with Crippen molar-refractivity contribution in [3.63, 3.8) is 0 Å². The van der Waals surface area contributed by atoms with Crippen molar-refractivity contribution in [1.29, 1.82) is 0 Å². The highest BCUT2D eigenvalue weighted by Crippen LogP contribution is 2.26. The normalized spacial score (nSPS) is 8.44. The van der Waals surface area contributed by atoms with Gasteiger partial charge < -0.3 is 9.47 Å². The van der Waals surface area contributed by atoms with Crippen molar-refractivity contribution < 1.29 is 18.3 Å². The molecule has 1 aromatic rings. The third-order valence-electron chi connectivity index (χ3n) is 1.66. The maximum Gasteiger partial charge on any atom is 0.190 e. The summed E-state index contributed by atoms with van der Waals surface area (Å²) in [4.78, 5) is 0. The first-order valence-corrected chi connectivity index (χ1v) is 6.34. The van der Waals surface area contributed by atoms with Gasteiger partial charge in [0.1, 0.15) is 5.75 Å². The zero-order valence-electron chi connectivity index (χ0n) is 12.1. The fourth-order valence-electron chi connectivity index (χ4n) is 0.996. The summed E-state index contributed by atoms with van der Waals surface area (Å²) >= 11 is 0. The topological polar surface area (TPSA) is 18.5 Å². The number of halogens is 2. The summed E-state index contributed by atoms with van der Waals surface area (Å²) in [7, 11) is 1.35. The lowest BCUT2D eigenvalue weighted by Gasteiger charge is -2.08. The van der Waals surface area contributed by atoms with Crippen LogP contribution in [0.1, 0.15) is 41.0 Å². The van der Waals surface area contributed by atoms with E-state index in [0.29, 0.717) is 13.0 Å². The molecular formula is C14H24F2O2. The molecule has 4 heteroatoms. The molecule has 18 heavy (non-hydrogen) atoms. The molecule has 0 heterocycles. The number of benzene rings is 1. The van der Waals surface area contributed by atoms with Gasteiger partial charge in [0.15, 0.2) is 17.4 Å². The van der Waals surface area contributed by atoms with Crippen LogP contribution in [0.4, 0.5) is 8.78 Å². The van der Waals surface area contributed by atoms with Gasteiger partial charge in [-0.25, -0.2) is 8.78 Å². The molecule has 0 aliphatic rings. The standard InChI is InChI=1S/C10H12F2O2.2C2H6/c1-3-4-14-10-8(11)5-7(13-2)6-9(10)12;2*1-2/h5-6H,3-4H2,1-2H3;2*1-2H3. The molecule has 0 amide bonds. The van der Waals surface area contributed by atoms with E-state index < -0.39 is 11.6 Å². The Kier molecular flexibility index (Phi) is 12.8. The lowest BCUT2D eigenvalue weighted by molar-refractivity contribution is 0.282. The first kappa shape index (κ1) is 19.0. The van der Waals surface area contributed by atoms with Gasteiger partial charge in [0, 0.05) is 12.1 Å². The second-order valence-corrected chi connectivity index (χ2v) is 2.77. The summed E-state index contributed by atoms with van der Waals surface area (Å²) in [5.41, 5.74) is 0. The fraction of sp³-hybridized carbons (Fsp3) is 0.571. The average molecular weight is 262 g/mol. The van der Waals surface area contributed by atoms with Gasteiger partial charge in [-0.1, -0.05) is 34.6 Å². The van der Waals surface area contributed by atoms with Crippen LogP contribution in [0.15, 0.2) is 12.1 Å². The van der Waals surface area contributed by atoms with E-state index in [1.165, 1.54) is 7.11 Å². The lowest BCUT2D eigenvalue weighted by atomic mass is 10.3. The molecule has 0 fully saturated rings. The van der Waals surface area contributed by atoms with E-state index in [0.717, 1.165) is 12.1 Å². The molecule has 0 aromatic heterocycles. The minimum atomic E-state index is -0.740. The summed E-state index contributed by atoms with van der Waals surface area (Å²) in [6, 6.07) is 2.18. The Bertz CT molecular complexity index is 292. The molecule has 0 aliphatic carbocycles. The van der Waals surface area contributed by atoms with Gasteiger partial charge in [-0.05, 0) is 6.42 Å². The largest absolute Gasteiger partial charge is 0.497 e. The minimum Gasteiger partial charge on any atom is -0.497 e. The molecule has 0 atom stereocenters. The van der Waals surface area contributed by atoms with Crippen LogP contribution in [0, 0.1) is 11.6 Å². The van der Waals surface area contributed by atoms with Crippen LogP contribution < -0.4 is 9.47 Å². The van der Waals surface area contributed by atoms with Gasteiger partial charge in [-0.2, -0.15) is 0 Å². The van der Waals surface area contributed by atoms with Crippen LogP contribution in [-0.4, -0.2) is 13.7 Å². The van der Waals surface area contributed by atoms with Crippen molar-refractivity contribution in [2.24, 2.45) is 0 Å². The van der Waals surface area contributed by atoms with Crippen LogP contribution in [0.5, 0.6) is 11.5 Å². The Morgan fingerprint density at radius 1 is 1.00 bits per heavy atom. The van der Waals surface area contributed by atoms with Gasteiger partial charge in [0.2, 0.25) is 0 Å². The van der Waals surface area contributed by atoms with E-state index in [2.05, 4.69) is 0 Å². The number of ether oxygens (including phenoxy) is 2. The highest BCUT2D eigenvalue weighted by molar-refractivity contribution is 5.34. The Labute approximate surface area is 109 Å². The monoisotopic (exact) mass is 262 g/mol. The quantitative estimate of drug-likeness (QED) is 0.775. The Balaban J connectivity index is 0. The van der Waals surface area contributed by atoms with Crippen LogP contribution >= 0.6 is 0 Å². The summed E-state index contributed by atoms with van der Waals surface area (Å²) in [6.45, 7) is 10.2. The second kappa shape index (κ2) is 12.1. The van der Waals surface area contributed by atoms with E-state index in [9.17, 15) is 8.78 Å². The average Bonchev–Trinajstić information content (AvgIpc) is 2.42. The van der Waals surface area contributed by atoms with Crippen molar-refractivity contribution in [3.05, 3.63) is 23.8 Å². The Hall–Kier alpha value is -1.32. The van der Waals surface area contributed by atoms with Crippen molar-refractivity contribution >= 4 is 0 Å². The summed E-state index contributed by atoms with van der Waals surface area (Å²) in [6.07, 6.45) is 0.699. The molecule has 0 saturated heterocycles. The SMILES string of the molecule is CC.CC.CCCOc1c(F)cc(OC)cc1F. The zero-order chi connectivity index (χ0) is 14.6. The molecule has 0 radical (unpaired) electrons. The van der Waals surface area contributed by atoms with Crippen LogP contribution in [0.25, 0.3) is 0 Å². The van der Waals surface area contributed by atoms with E-state index in [1.54, 1.807) is 0 Å². The maximum atomic E-state index is 13.2. The van der Waals surface area contributed by atoms with Crippen LogP contribution in [0.3, 0.4) is 0 Å². The van der Waals surface area contributed by atoms with Crippen molar-refractivity contribution in [1.82, 2.24) is 0 Å². The molecule has 0 bridgehead atoms. The summed E-state index contributed by atoms with van der Waals surface area (Å²) in [5.74, 6) is -1.68. The second-order valence-electron chi connectivity index (χ2n) is 2.77. The van der Waals surface area contributed by atoms with E-state index in [1.807, 2.05) is 34.6 Å². The van der Waals surface area contributed by atoms with Crippen molar-refractivity contribution in [3.8, 4) is 11.5 Å². The number of methoxy groups -OCH3 is 1. The molecule has 0 spiro atoms. The van der Waals surface area contributed by atoms with Crippen LogP contribution in [0.2, 0.25) is 0 Å². The Morgan fingerprint density at radius 3 is 1.78 bits per heavy atom. The molecular weight excluding hydrogens is 238 g/mol. The Morgan fingerprint density at radius 2 is 1.44 bits per heavy atom. The minimum absolute atomic E-state index is 0.142. The first-order valence-electron chi connectivity index (χ1n) is 6.34. The predicted molar refractivity (Wildman–Crippen MR) is 71.4 cm³/mol. The summed E-state index contributed by atoms with van der Waals surface area (Å²) in [5, 5.41) is 0. The smallest absolute Gasteiger partial charge is 0.190 e. The molecule has 2 nitrogen and oxygen atoms in total. The van der Waals surface area contributed by atoms with Crippen molar-refractivity contribution in [2.45, 2.75) is 41.0 Å². The number of hydrogen-bond donors (Lipinski definition) is 0. The maximum absolute atomic E-state index is 13.2. The highest BCUT2D eigenvalue weighted by Gasteiger charge is 2.12. The highest BCUT2D eigenvalue weighted by atomic mass is 19.1. The fourth-order valence-corrected chi connectivity index (χ4v) is 0.996. The van der Waals surface area contributed by atoms with E-state index in [-0.39, 0.29) is 11.5 Å². The third kappa shape index (κ3) is 6.42.